The standard InChI is InChI=1S/C9H14N6O4/c1-10-7(16)4-12-9(19)11-2-3-15-5-6(8(17)18)13-14-15/h5H,2-4H2,1H3,(H,10,16)(H,17,18)(H2,11,12,19). The Morgan fingerprint density at radius 2 is 2.11 bits per heavy atom. The highest BCUT2D eigenvalue weighted by Gasteiger charge is 2.08. The van der Waals surface area contributed by atoms with Gasteiger partial charge in [-0.3, -0.25) is 4.79 Å². The van der Waals surface area contributed by atoms with Gasteiger partial charge in [0, 0.05) is 13.6 Å². The Bertz CT molecular complexity index is 471. The maximum absolute atomic E-state index is 11.2. The maximum Gasteiger partial charge on any atom is 0.358 e. The van der Waals surface area contributed by atoms with Gasteiger partial charge in [0.15, 0.2) is 5.69 Å². The fraction of sp³-hybridized carbons (Fsp3) is 0.444. The average Bonchev–Trinajstić information content (AvgIpc) is 2.85. The van der Waals surface area contributed by atoms with Crippen LogP contribution in [0.5, 0.6) is 0 Å². The molecule has 1 rings (SSSR count). The summed E-state index contributed by atoms with van der Waals surface area (Å²) in [6, 6.07) is -0.498. The summed E-state index contributed by atoms with van der Waals surface area (Å²) in [4.78, 5) is 32.6. The quantitative estimate of drug-likeness (QED) is 0.472. The minimum absolute atomic E-state index is 0.116. The van der Waals surface area contributed by atoms with Crippen LogP contribution in [0, 0.1) is 0 Å². The van der Waals surface area contributed by atoms with E-state index in [9.17, 15) is 14.4 Å². The van der Waals surface area contributed by atoms with Crippen LogP contribution < -0.4 is 16.0 Å². The van der Waals surface area contributed by atoms with Crippen LogP contribution in [0.4, 0.5) is 4.79 Å². The molecule has 0 saturated heterocycles. The molecule has 1 aromatic heterocycles. The summed E-state index contributed by atoms with van der Waals surface area (Å²) >= 11 is 0. The van der Waals surface area contributed by atoms with E-state index in [2.05, 4.69) is 26.3 Å². The monoisotopic (exact) mass is 270 g/mol. The van der Waals surface area contributed by atoms with Crippen molar-refractivity contribution in [1.29, 1.82) is 0 Å². The first-order valence-corrected chi connectivity index (χ1v) is 5.38. The molecule has 1 heterocycles. The number of rotatable bonds is 6. The van der Waals surface area contributed by atoms with E-state index in [1.54, 1.807) is 0 Å². The number of aromatic nitrogens is 3. The van der Waals surface area contributed by atoms with Crippen molar-refractivity contribution in [3.63, 3.8) is 0 Å². The molecule has 10 heteroatoms. The molecule has 0 bridgehead atoms. The Balaban J connectivity index is 2.24. The summed E-state index contributed by atoms with van der Waals surface area (Å²) < 4.78 is 1.29. The fourth-order valence-electron chi connectivity index (χ4n) is 1.10. The van der Waals surface area contributed by atoms with Gasteiger partial charge in [-0.2, -0.15) is 0 Å². The van der Waals surface area contributed by atoms with Crippen LogP contribution in [0.25, 0.3) is 0 Å². The van der Waals surface area contributed by atoms with Gasteiger partial charge in [-0.1, -0.05) is 5.21 Å². The number of carboxylic acid groups (broad SMARTS) is 1. The van der Waals surface area contributed by atoms with E-state index in [1.807, 2.05) is 0 Å². The van der Waals surface area contributed by atoms with E-state index in [0.717, 1.165) is 0 Å². The predicted molar refractivity (Wildman–Crippen MR) is 62.4 cm³/mol. The lowest BCUT2D eigenvalue weighted by Gasteiger charge is -2.06. The number of amides is 3. The first-order chi connectivity index (χ1) is 9.02. The molecule has 1 aromatic rings. The number of hydrogen-bond acceptors (Lipinski definition) is 5. The molecule has 0 unspecified atom stereocenters. The second-order valence-corrected chi connectivity index (χ2v) is 3.45. The van der Waals surface area contributed by atoms with Crippen LogP contribution in [0.1, 0.15) is 10.5 Å². The number of urea groups is 1. The molecule has 3 amide bonds. The Kier molecular flexibility index (Phi) is 5.26. The Morgan fingerprint density at radius 1 is 1.37 bits per heavy atom. The molecular weight excluding hydrogens is 256 g/mol. The molecule has 0 aromatic carbocycles. The van der Waals surface area contributed by atoms with Crippen LogP contribution in [-0.4, -0.2) is 58.1 Å². The molecule has 0 saturated carbocycles. The van der Waals surface area contributed by atoms with Gasteiger partial charge in [0.2, 0.25) is 5.91 Å². The topological polar surface area (TPSA) is 138 Å². The van der Waals surface area contributed by atoms with E-state index >= 15 is 0 Å². The van der Waals surface area contributed by atoms with E-state index in [-0.39, 0.29) is 31.2 Å². The smallest absolute Gasteiger partial charge is 0.358 e. The van der Waals surface area contributed by atoms with E-state index < -0.39 is 12.0 Å². The van der Waals surface area contributed by atoms with Gasteiger partial charge < -0.3 is 21.1 Å². The molecular formula is C9H14N6O4. The lowest BCUT2D eigenvalue weighted by atomic mass is 10.5. The van der Waals surface area contributed by atoms with Crippen molar-refractivity contribution in [1.82, 2.24) is 30.9 Å². The van der Waals surface area contributed by atoms with Crippen LogP contribution >= 0.6 is 0 Å². The lowest BCUT2D eigenvalue weighted by molar-refractivity contribution is -0.119. The number of hydrogen-bond donors (Lipinski definition) is 4. The molecule has 0 fully saturated rings. The molecule has 10 nitrogen and oxygen atoms in total. The summed E-state index contributed by atoms with van der Waals surface area (Å²) in [5, 5.41) is 22.8. The minimum atomic E-state index is -1.16. The Morgan fingerprint density at radius 3 is 2.68 bits per heavy atom. The first kappa shape index (κ1) is 14.4. The van der Waals surface area contributed by atoms with Crippen molar-refractivity contribution >= 4 is 17.9 Å². The zero-order valence-corrected chi connectivity index (χ0v) is 10.2. The summed E-state index contributed by atoms with van der Waals surface area (Å²) in [7, 11) is 1.46. The molecule has 0 aliphatic carbocycles. The number of carbonyl (C=O) groups excluding carboxylic acids is 2. The molecule has 104 valence electrons. The average molecular weight is 270 g/mol. The van der Waals surface area contributed by atoms with Gasteiger partial charge in [-0.15, -0.1) is 5.10 Å². The summed E-state index contributed by atoms with van der Waals surface area (Å²) in [6.07, 6.45) is 1.26. The van der Waals surface area contributed by atoms with Gasteiger partial charge in [-0.25, -0.2) is 14.3 Å². The zero-order chi connectivity index (χ0) is 14.3. The summed E-state index contributed by atoms with van der Waals surface area (Å²) in [6.45, 7) is 0.379. The summed E-state index contributed by atoms with van der Waals surface area (Å²) in [5.41, 5.74) is -0.163. The first-order valence-electron chi connectivity index (χ1n) is 5.38. The van der Waals surface area contributed by atoms with Crippen LogP contribution in [0.2, 0.25) is 0 Å². The van der Waals surface area contributed by atoms with Gasteiger partial charge >= 0.3 is 12.0 Å². The Hall–Kier alpha value is -2.65. The van der Waals surface area contributed by atoms with Crippen LogP contribution in [0.3, 0.4) is 0 Å². The molecule has 0 atom stereocenters. The normalized spacial score (nSPS) is 9.74. The zero-order valence-electron chi connectivity index (χ0n) is 10.2. The fourth-order valence-corrected chi connectivity index (χ4v) is 1.10. The van der Waals surface area contributed by atoms with Gasteiger partial charge in [0.25, 0.3) is 0 Å². The number of carbonyl (C=O) groups is 3. The third-order valence-electron chi connectivity index (χ3n) is 2.07. The predicted octanol–water partition coefficient (Wildman–Crippen LogP) is -1.98. The van der Waals surface area contributed by atoms with E-state index in [4.69, 9.17) is 5.11 Å². The maximum atomic E-state index is 11.2. The van der Waals surface area contributed by atoms with E-state index in [0.29, 0.717) is 0 Å². The van der Waals surface area contributed by atoms with Gasteiger partial charge in [0.05, 0.1) is 19.3 Å². The molecule has 0 aliphatic rings. The minimum Gasteiger partial charge on any atom is -0.476 e. The van der Waals surface area contributed by atoms with Crippen molar-refractivity contribution in [3.8, 4) is 0 Å². The largest absolute Gasteiger partial charge is 0.476 e. The van der Waals surface area contributed by atoms with Crippen molar-refractivity contribution < 1.29 is 19.5 Å². The third-order valence-corrected chi connectivity index (χ3v) is 2.07. The lowest BCUT2D eigenvalue weighted by Crippen LogP contribution is -2.42. The number of likely N-dealkylation sites (N-methyl/N-ethyl adjacent to an activating group) is 1. The third kappa shape index (κ3) is 5.02. The molecule has 0 aliphatic heterocycles. The number of carboxylic acids is 1. The molecule has 4 N–H and O–H groups in total. The second kappa shape index (κ2) is 6.93. The highest BCUT2D eigenvalue weighted by Crippen LogP contribution is 1.91. The van der Waals surface area contributed by atoms with Crippen LogP contribution in [0.15, 0.2) is 6.20 Å². The highest BCUT2D eigenvalue weighted by molar-refractivity contribution is 5.84. The van der Waals surface area contributed by atoms with Crippen molar-refractivity contribution in [2.45, 2.75) is 6.54 Å². The van der Waals surface area contributed by atoms with Gasteiger partial charge in [0.1, 0.15) is 0 Å². The number of nitrogens with zero attached hydrogens (tertiary/aromatic N) is 3. The number of aromatic carboxylic acids is 1. The molecule has 19 heavy (non-hydrogen) atoms. The van der Waals surface area contributed by atoms with Gasteiger partial charge in [-0.05, 0) is 0 Å². The Labute approximate surface area is 108 Å². The van der Waals surface area contributed by atoms with Crippen molar-refractivity contribution in [2.75, 3.05) is 20.1 Å². The van der Waals surface area contributed by atoms with Crippen molar-refractivity contribution in [2.24, 2.45) is 0 Å². The second-order valence-electron chi connectivity index (χ2n) is 3.45. The van der Waals surface area contributed by atoms with Crippen LogP contribution in [-0.2, 0) is 11.3 Å². The molecule has 0 radical (unpaired) electrons. The SMILES string of the molecule is CNC(=O)CNC(=O)NCCn1cc(C(=O)O)nn1. The molecule has 0 spiro atoms. The van der Waals surface area contributed by atoms with E-state index in [1.165, 1.54) is 17.9 Å². The number of nitrogens with one attached hydrogen (secondary N) is 3. The highest BCUT2D eigenvalue weighted by atomic mass is 16.4. The summed E-state index contributed by atoms with van der Waals surface area (Å²) in [5.74, 6) is -1.47. The van der Waals surface area contributed by atoms with Crippen molar-refractivity contribution in [3.05, 3.63) is 11.9 Å².